The van der Waals surface area contributed by atoms with Crippen molar-refractivity contribution in [3.05, 3.63) is 29.3 Å². The molecule has 0 aliphatic carbocycles. The molecule has 0 saturated carbocycles. The SMILES string of the molecule is COCCNCc1cc(F)c(SCCS(C)(=O)=O)c(F)c1. The molecular weight excluding hydrogens is 320 g/mol. The van der Waals surface area contributed by atoms with Gasteiger partial charge in [-0.15, -0.1) is 11.8 Å². The highest BCUT2D eigenvalue weighted by atomic mass is 32.2. The van der Waals surface area contributed by atoms with Crippen molar-refractivity contribution in [3.63, 3.8) is 0 Å². The number of hydrogen-bond donors (Lipinski definition) is 1. The number of rotatable bonds is 9. The topological polar surface area (TPSA) is 55.4 Å². The number of benzene rings is 1. The largest absolute Gasteiger partial charge is 0.383 e. The van der Waals surface area contributed by atoms with Crippen LogP contribution in [0, 0.1) is 11.6 Å². The third kappa shape index (κ3) is 7.21. The van der Waals surface area contributed by atoms with E-state index in [2.05, 4.69) is 5.32 Å². The van der Waals surface area contributed by atoms with E-state index in [1.165, 1.54) is 12.1 Å². The lowest BCUT2D eigenvalue weighted by molar-refractivity contribution is 0.199. The summed E-state index contributed by atoms with van der Waals surface area (Å²) >= 11 is 0.872. The normalized spacial score (nSPS) is 11.8. The predicted molar refractivity (Wildman–Crippen MR) is 80.4 cm³/mol. The van der Waals surface area contributed by atoms with E-state index in [9.17, 15) is 17.2 Å². The third-order valence-electron chi connectivity index (χ3n) is 2.57. The maximum atomic E-state index is 13.8. The molecule has 1 N–H and O–H groups in total. The van der Waals surface area contributed by atoms with Gasteiger partial charge in [-0.25, -0.2) is 17.2 Å². The van der Waals surface area contributed by atoms with Crippen molar-refractivity contribution in [1.29, 1.82) is 0 Å². The van der Waals surface area contributed by atoms with Crippen molar-refractivity contribution in [3.8, 4) is 0 Å². The van der Waals surface area contributed by atoms with E-state index in [0.29, 0.717) is 25.3 Å². The Morgan fingerprint density at radius 1 is 1.29 bits per heavy atom. The highest BCUT2D eigenvalue weighted by Gasteiger charge is 2.13. The molecule has 0 spiro atoms. The second-order valence-electron chi connectivity index (χ2n) is 4.54. The Labute approximate surface area is 128 Å². The molecule has 0 aromatic heterocycles. The minimum atomic E-state index is -3.13. The number of halogens is 2. The summed E-state index contributed by atoms with van der Waals surface area (Å²) in [6.07, 6.45) is 1.09. The summed E-state index contributed by atoms with van der Waals surface area (Å²) in [4.78, 5) is -0.140. The molecule has 0 unspecified atom stereocenters. The summed E-state index contributed by atoms with van der Waals surface area (Å²) in [5.74, 6) is -1.33. The van der Waals surface area contributed by atoms with Crippen LogP contribution in [0.3, 0.4) is 0 Å². The van der Waals surface area contributed by atoms with Gasteiger partial charge < -0.3 is 10.1 Å². The first-order valence-corrected chi connectivity index (χ1v) is 9.36. The summed E-state index contributed by atoms with van der Waals surface area (Å²) in [6.45, 7) is 1.44. The lowest BCUT2D eigenvalue weighted by Gasteiger charge is -2.09. The Bertz CT molecular complexity index is 542. The molecule has 0 aliphatic rings. The van der Waals surface area contributed by atoms with Gasteiger partial charge in [0, 0.05) is 32.2 Å². The standard InChI is InChI=1S/C13H19F2NO3S2/c1-19-4-3-16-9-10-7-11(14)13(12(15)8-10)20-5-6-21(2,17)18/h7-8,16H,3-6,9H2,1-2H3. The molecule has 120 valence electrons. The maximum Gasteiger partial charge on any atom is 0.148 e. The fraction of sp³-hybridized carbons (Fsp3) is 0.538. The van der Waals surface area contributed by atoms with Gasteiger partial charge in [0.05, 0.1) is 17.3 Å². The average Bonchev–Trinajstić information content (AvgIpc) is 2.37. The van der Waals surface area contributed by atoms with Crippen LogP contribution in [-0.2, 0) is 21.1 Å². The molecule has 8 heteroatoms. The monoisotopic (exact) mass is 339 g/mol. The van der Waals surface area contributed by atoms with Crippen LogP contribution in [0.5, 0.6) is 0 Å². The Morgan fingerprint density at radius 2 is 1.90 bits per heavy atom. The first-order valence-electron chi connectivity index (χ1n) is 6.31. The number of methoxy groups -OCH3 is 1. The van der Waals surface area contributed by atoms with Crippen molar-refractivity contribution in [1.82, 2.24) is 5.32 Å². The van der Waals surface area contributed by atoms with E-state index >= 15 is 0 Å². The van der Waals surface area contributed by atoms with Crippen LogP contribution in [0.1, 0.15) is 5.56 Å². The molecule has 0 heterocycles. The molecule has 1 aromatic rings. The van der Waals surface area contributed by atoms with E-state index in [-0.39, 0.29) is 16.4 Å². The molecule has 0 amide bonds. The lowest BCUT2D eigenvalue weighted by Crippen LogP contribution is -2.18. The van der Waals surface area contributed by atoms with Crippen LogP contribution in [-0.4, -0.2) is 46.4 Å². The van der Waals surface area contributed by atoms with Crippen molar-refractivity contribution >= 4 is 21.6 Å². The summed E-state index contributed by atoms with van der Waals surface area (Å²) < 4.78 is 54.5. The summed E-state index contributed by atoms with van der Waals surface area (Å²) in [5, 5.41) is 3.00. The molecule has 0 fully saturated rings. The molecule has 0 radical (unpaired) electrons. The molecule has 0 saturated heterocycles. The summed E-state index contributed by atoms with van der Waals surface area (Å²) in [6, 6.07) is 2.51. The van der Waals surface area contributed by atoms with E-state index in [1.54, 1.807) is 7.11 Å². The van der Waals surface area contributed by atoms with Gasteiger partial charge in [-0.1, -0.05) is 0 Å². The second kappa shape index (κ2) is 8.67. The van der Waals surface area contributed by atoms with Gasteiger partial charge in [0.25, 0.3) is 0 Å². The van der Waals surface area contributed by atoms with Crippen molar-refractivity contribution in [2.24, 2.45) is 0 Å². The highest BCUT2D eigenvalue weighted by Crippen LogP contribution is 2.26. The van der Waals surface area contributed by atoms with Gasteiger partial charge in [-0.05, 0) is 17.7 Å². The van der Waals surface area contributed by atoms with Gasteiger partial charge in [0.1, 0.15) is 21.5 Å². The zero-order valence-corrected chi connectivity index (χ0v) is 13.6. The van der Waals surface area contributed by atoms with Crippen LogP contribution >= 0.6 is 11.8 Å². The zero-order chi connectivity index (χ0) is 15.9. The van der Waals surface area contributed by atoms with Gasteiger partial charge in [-0.2, -0.15) is 0 Å². The number of nitrogens with one attached hydrogen (secondary N) is 1. The molecule has 0 aliphatic heterocycles. The fourth-order valence-corrected chi connectivity index (χ4v) is 3.70. The smallest absolute Gasteiger partial charge is 0.148 e. The van der Waals surface area contributed by atoms with Crippen LogP contribution in [0.15, 0.2) is 17.0 Å². The number of sulfone groups is 1. The minimum Gasteiger partial charge on any atom is -0.383 e. The fourth-order valence-electron chi connectivity index (χ4n) is 1.55. The van der Waals surface area contributed by atoms with Crippen molar-refractivity contribution in [2.75, 3.05) is 38.0 Å². The third-order valence-corrected chi connectivity index (χ3v) is 4.86. The lowest BCUT2D eigenvalue weighted by atomic mass is 10.2. The summed E-state index contributed by atoms with van der Waals surface area (Å²) in [7, 11) is -1.56. The van der Waals surface area contributed by atoms with Crippen LogP contribution in [0.4, 0.5) is 8.78 Å². The Hall–Kier alpha value is -0.700. The van der Waals surface area contributed by atoms with Gasteiger partial charge in [-0.3, -0.25) is 0 Å². The van der Waals surface area contributed by atoms with E-state index < -0.39 is 21.5 Å². The number of ether oxygens (including phenoxy) is 1. The predicted octanol–water partition coefficient (Wildman–Crippen LogP) is 1.84. The van der Waals surface area contributed by atoms with E-state index in [4.69, 9.17) is 4.74 Å². The molecule has 1 rings (SSSR count). The highest BCUT2D eigenvalue weighted by molar-refractivity contribution is 8.00. The Balaban J connectivity index is 2.62. The molecule has 0 bridgehead atoms. The average molecular weight is 339 g/mol. The Morgan fingerprint density at radius 3 is 2.43 bits per heavy atom. The van der Waals surface area contributed by atoms with Crippen molar-refractivity contribution < 1.29 is 21.9 Å². The number of thioether (sulfide) groups is 1. The van der Waals surface area contributed by atoms with Gasteiger partial charge in [0.2, 0.25) is 0 Å². The summed E-state index contributed by atoms with van der Waals surface area (Å²) in [5.41, 5.74) is 0.494. The minimum absolute atomic E-state index is 0.114. The van der Waals surface area contributed by atoms with E-state index in [1.807, 2.05) is 0 Å². The molecule has 1 aromatic carbocycles. The Kier molecular flexibility index (Phi) is 7.58. The van der Waals surface area contributed by atoms with Gasteiger partial charge in [0.15, 0.2) is 0 Å². The molecular formula is C13H19F2NO3S2. The van der Waals surface area contributed by atoms with E-state index in [0.717, 1.165) is 18.0 Å². The first kappa shape index (κ1) is 18.3. The van der Waals surface area contributed by atoms with Crippen molar-refractivity contribution in [2.45, 2.75) is 11.4 Å². The van der Waals surface area contributed by atoms with Crippen LogP contribution in [0.2, 0.25) is 0 Å². The van der Waals surface area contributed by atoms with Crippen LogP contribution in [0.25, 0.3) is 0 Å². The molecule has 4 nitrogen and oxygen atoms in total. The zero-order valence-electron chi connectivity index (χ0n) is 12.0. The first-order chi connectivity index (χ1) is 9.83. The maximum absolute atomic E-state index is 13.8. The second-order valence-corrected chi connectivity index (χ2v) is 7.90. The van der Waals surface area contributed by atoms with Crippen LogP contribution < -0.4 is 5.32 Å². The molecule has 0 atom stereocenters. The quantitative estimate of drug-likeness (QED) is 0.550. The number of hydrogen-bond acceptors (Lipinski definition) is 5. The molecule has 21 heavy (non-hydrogen) atoms. The van der Waals surface area contributed by atoms with Gasteiger partial charge >= 0.3 is 0 Å².